The van der Waals surface area contributed by atoms with Gasteiger partial charge in [0.1, 0.15) is 0 Å². The monoisotopic (exact) mass is 212 g/mol. The van der Waals surface area contributed by atoms with Crippen molar-refractivity contribution in [1.29, 1.82) is 0 Å². The Morgan fingerprint density at radius 3 is 2.81 bits per heavy atom. The van der Waals surface area contributed by atoms with Crippen molar-refractivity contribution in [2.75, 3.05) is 5.32 Å². The molecule has 1 fully saturated rings. The highest BCUT2D eigenvalue weighted by molar-refractivity contribution is 5.90. The minimum Gasteiger partial charge on any atom is -0.381 e. The van der Waals surface area contributed by atoms with Crippen molar-refractivity contribution in [3.8, 4) is 0 Å². The molecule has 0 atom stereocenters. The second-order valence-corrected chi connectivity index (χ2v) is 4.60. The van der Waals surface area contributed by atoms with E-state index in [1.54, 1.807) is 0 Å². The first-order valence-corrected chi connectivity index (χ1v) is 5.96. The van der Waals surface area contributed by atoms with Crippen LogP contribution in [0.4, 0.5) is 5.69 Å². The van der Waals surface area contributed by atoms with Crippen LogP contribution < -0.4 is 5.32 Å². The molecule has 1 heterocycles. The van der Waals surface area contributed by atoms with E-state index in [2.05, 4.69) is 40.6 Å². The van der Waals surface area contributed by atoms with Crippen LogP contribution in [0.25, 0.3) is 10.9 Å². The maximum Gasteiger partial charge on any atom is 0.0936 e. The molecule has 0 bridgehead atoms. The molecule has 2 nitrogen and oxygen atoms in total. The third kappa shape index (κ3) is 1.64. The number of pyridine rings is 1. The molecule has 82 valence electrons. The van der Waals surface area contributed by atoms with Gasteiger partial charge < -0.3 is 5.32 Å². The quantitative estimate of drug-likeness (QED) is 0.824. The highest BCUT2D eigenvalue weighted by atomic mass is 14.9. The second kappa shape index (κ2) is 3.78. The molecule has 0 spiro atoms. The Labute approximate surface area is 95.7 Å². The number of nitrogens with one attached hydrogen (secondary N) is 1. The van der Waals surface area contributed by atoms with Gasteiger partial charge in [0, 0.05) is 17.1 Å². The van der Waals surface area contributed by atoms with E-state index in [-0.39, 0.29) is 0 Å². The van der Waals surface area contributed by atoms with Crippen molar-refractivity contribution in [1.82, 2.24) is 4.98 Å². The summed E-state index contributed by atoms with van der Waals surface area (Å²) >= 11 is 0. The molecule has 0 unspecified atom stereocenters. The molecule has 0 aliphatic heterocycles. The summed E-state index contributed by atoms with van der Waals surface area (Å²) in [5.74, 6) is 0. The summed E-state index contributed by atoms with van der Waals surface area (Å²) in [6.45, 7) is 2.04. The van der Waals surface area contributed by atoms with E-state index in [1.165, 1.54) is 30.3 Å². The number of nitrogens with zero attached hydrogens (tertiary/aromatic N) is 1. The molecule has 1 saturated carbocycles. The fraction of sp³-hybridized carbons (Fsp3) is 0.357. The van der Waals surface area contributed by atoms with Crippen LogP contribution in [0.2, 0.25) is 0 Å². The number of anilines is 1. The van der Waals surface area contributed by atoms with Gasteiger partial charge in [-0.05, 0) is 38.3 Å². The SMILES string of the molecule is Cc1ccc2cccc(NC3CCC3)c2n1. The molecule has 0 amide bonds. The molecule has 1 N–H and O–H groups in total. The zero-order chi connectivity index (χ0) is 11.0. The lowest BCUT2D eigenvalue weighted by atomic mass is 9.93. The zero-order valence-corrected chi connectivity index (χ0v) is 9.53. The van der Waals surface area contributed by atoms with Crippen LogP contribution in [0.1, 0.15) is 25.0 Å². The molecular weight excluding hydrogens is 196 g/mol. The molecule has 2 heteroatoms. The van der Waals surface area contributed by atoms with Crippen LogP contribution in [0.5, 0.6) is 0 Å². The van der Waals surface area contributed by atoms with Crippen LogP contribution in [0.3, 0.4) is 0 Å². The molecule has 16 heavy (non-hydrogen) atoms. The van der Waals surface area contributed by atoms with Crippen LogP contribution in [0.15, 0.2) is 30.3 Å². The van der Waals surface area contributed by atoms with E-state index in [0.717, 1.165) is 11.2 Å². The molecule has 1 aliphatic rings. The predicted octanol–water partition coefficient (Wildman–Crippen LogP) is 3.51. The Morgan fingerprint density at radius 1 is 1.19 bits per heavy atom. The Kier molecular flexibility index (Phi) is 2.28. The molecule has 1 aromatic heterocycles. The number of fused-ring (bicyclic) bond motifs is 1. The lowest BCUT2D eigenvalue weighted by Crippen LogP contribution is -2.27. The summed E-state index contributed by atoms with van der Waals surface area (Å²) in [6, 6.07) is 11.2. The van der Waals surface area contributed by atoms with E-state index in [0.29, 0.717) is 6.04 Å². The summed E-state index contributed by atoms with van der Waals surface area (Å²) in [5.41, 5.74) is 3.37. The average molecular weight is 212 g/mol. The van der Waals surface area contributed by atoms with Crippen molar-refractivity contribution in [3.05, 3.63) is 36.0 Å². The number of hydrogen-bond donors (Lipinski definition) is 1. The van der Waals surface area contributed by atoms with E-state index in [9.17, 15) is 0 Å². The molecule has 1 aliphatic carbocycles. The minimum atomic E-state index is 0.660. The van der Waals surface area contributed by atoms with Crippen LogP contribution in [-0.4, -0.2) is 11.0 Å². The Balaban J connectivity index is 2.04. The number of para-hydroxylation sites is 1. The fourth-order valence-electron chi connectivity index (χ4n) is 2.13. The Bertz CT molecular complexity index is 515. The first kappa shape index (κ1) is 9.64. The molecule has 2 aromatic rings. The van der Waals surface area contributed by atoms with E-state index >= 15 is 0 Å². The maximum absolute atomic E-state index is 4.62. The van der Waals surface area contributed by atoms with Gasteiger partial charge in [-0.15, -0.1) is 0 Å². The van der Waals surface area contributed by atoms with E-state index in [4.69, 9.17) is 0 Å². The molecule has 1 aromatic carbocycles. The minimum absolute atomic E-state index is 0.660. The van der Waals surface area contributed by atoms with E-state index in [1.807, 2.05) is 6.92 Å². The van der Waals surface area contributed by atoms with Crippen LogP contribution >= 0.6 is 0 Å². The normalized spacial score (nSPS) is 16.1. The summed E-state index contributed by atoms with van der Waals surface area (Å²) in [5, 5.41) is 4.80. The zero-order valence-electron chi connectivity index (χ0n) is 9.53. The average Bonchev–Trinajstić information content (AvgIpc) is 2.23. The molecule has 0 saturated heterocycles. The van der Waals surface area contributed by atoms with Gasteiger partial charge in [-0.2, -0.15) is 0 Å². The smallest absolute Gasteiger partial charge is 0.0936 e. The van der Waals surface area contributed by atoms with Crippen molar-refractivity contribution in [2.24, 2.45) is 0 Å². The second-order valence-electron chi connectivity index (χ2n) is 4.60. The lowest BCUT2D eigenvalue weighted by molar-refractivity contribution is 0.446. The standard InChI is InChI=1S/C14H16N2/c1-10-8-9-11-4-2-7-13(14(11)15-10)16-12-5-3-6-12/h2,4,7-9,12,16H,3,5-6H2,1H3. The van der Waals surface area contributed by atoms with Gasteiger partial charge in [-0.3, -0.25) is 4.98 Å². The topological polar surface area (TPSA) is 24.9 Å². The van der Waals surface area contributed by atoms with Crippen molar-refractivity contribution < 1.29 is 0 Å². The van der Waals surface area contributed by atoms with Crippen LogP contribution in [0, 0.1) is 6.92 Å². The number of rotatable bonds is 2. The highest BCUT2D eigenvalue weighted by Gasteiger charge is 2.17. The maximum atomic E-state index is 4.62. The lowest BCUT2D eigenvalue weighted by Gasteiger charge is -2.27. The third-order valence-corrected chi connectivity index (χ3v) is 3.32. The summed E-state index contributed by atoms with van der Waals surface area (Å²) in [7, 11) is 0. The van der Waals surface area contributed by atoms with E-state index < -0.39 is 0 Å². The molecule has 3 rings (SSSR count). The van der Waals surface area contributed by atoms with Crippen molar-refractivity contribution in [3.63, 3.8) is 0 Å². The van der Waals surface area contributed by atoms with Gasteiger partial charge in [-0.25, -0.2) is 0 Å². The molecular formula is C14H16N2. The molecule has 0 radical (unpaired) electrons. The number of hydrogen-bond acceptors (Lipinski definition) is 2. The van der Waals surface area contributed by atoms with Crippen molar-refractivity contribution >= 4 is 16.6 Å². The first-order valence-electron chi connectivity index (χ1n) is 5.96. The summed E-state index contributed by atoms with van der Waals surface area (Å²) in [6.07, 6.45) is 3.94. The fourth-order valence-corrected chi connectivity index (χ4v) is 2.13. The largest absolute Gasteiger partial charge is 0.381 e. The Hall–Kier alpha value is -1.57. The summed E-state index contributed by atoms with van der Waals surface area (Å²) in [4.78, 5) is 4.62. The van der Waals surface area contributed by atoms with Gasteiger partial charge >= 0.3 is 0 Å². The van der Waals surface area contributed by atoms with Gasteiger partial charge in [0.25, 0.3) is 0 Å². The van der Waals surface area contributed by atoms with Gasteiger partial charge in [0.05, 0.1) is 11.2 Å². The van der Waals surface area contributed by atoms with Gasteiger partial charge in [0.15, 0.2) is 0 Å². The predicted molar refractivity (Wildman–Crippen MR) is 67.7 cm³/mol. The summed E-state index contributed by atoms with van der Waals surface area (Å²) < 4.78 is 0. The highest BCUT2D eigenvalue weighted by Crippen LogP contribution is 2.27. The first-order chi connectivity index (χ1) is 7.83. The number of benzene rings is 1. The van der Waals surface area contributed by atoms with Crippen molar-refractivity contribution in [2.45, 2.75) is 32.2 Å². The Morgan fingerprint density at radius 2 is 2.06 bits per heavy atom. The number of aromatic nitrogens is 1. The number of aryl methyl sites for hydroxylation is 1. The van der Waals surface area contributed by atoms with Crippen LogP contribution in [-0.2, 0) is 0 Å². The van der Waals surface area contributed by atoms with Gasteiger partial charge in [0.2, 0.25) is 0 Å². The van der Waals surface area contributed by atoms with Gasteiger partial charge in [-0.1, -0.05) is 18.2 Å². The third-order valence-electron chi connectivity index (χ3n) is 3.32.